The Hall–Kier alpha value is -2.85. The highest BCUT2D eigenvalue weighted by molar-refractivity contribution is 6.04. The first-order valence-electron chi connectivity index (χ1n) is 13.8. The maximum Gasteiger partial charge on any atom is 0.325 e. The molecule has 1 aromatic carbocycles. The number of amides is 4. The Morgan fingerprint density at radius 3 is 2.61 bits per heavy atom. The zero-order valence-corrected chi connectivity index (χ0v) is 22.9. The average Bonchev–Trinajstić information content (AvgIpc) is 3.21. The van der Waals surface area contributed by atoms with Crippen LogP contribution in [-0.4, -0.2) is 98.7 Å². The Balaban J connectivity index is 1.34. The minimum Gasteiger partial charge on any atom is -0.493 e. The van der Waals surface area contributed by atoms with Crippen molar-refractivity contribution in [3.05, 3.63) is 23.8 Å². The van der Waals surface area contributed by atoms with Gasteiger partial charge in [-0.15, -0.1) is 0 Å². The fourth-order valence-corrected chi connectivity index (χ4v) is 6.10. The van der Waals surface area contributed by atoms with E-state index in [2.05, 4.69) is 10.2 Å². The Kier molecular flexibility index (Phi) is 9.85. The van der Waals surface area contributed by atoms with Gasteiger partial charge in [0.2, 0.25) is 5.91 Å². The van der Waals surface area contributed by atoms with Gasteiger partial charge in [-0.2, -0.15) is 0 Å². The molecule has 38 heavy (non-hydrogen) atoms. The summed E-state index contributed by atoms with van der Waals surface area (Å²) in [7, 11) is 4.74. The van der Waals surface area contributed by atoms with Gasteiger partial charge in [-0.05, 0) is 68.8 Å². The van der Waals surface area contributed by atoms with Gasteiger partial charge in [-0.25, -0.2) is 4.79 Å². The van der Waals surface area contributed by atoms with Gasteiger partial charge in [0.1, 0.15) is 6.04 Å². The van der Waals surface area contributed by atoms with Crippen LogP contribution < -0.4 is 14.8 Å². The molecule has 0 spiro atoms. The highest BCUT2D eigenvalue weighted by Gasteiger charge is 2.39. The number of nitrogens with zero attached hydrogens (tertiary/aromatic N) is 3. The second-order valence-electron chi connectivity index (χ2n) is 10.5. The largest absolute Gasteiger partial charge is 0.493 e. The number of ether oxygens (including phenoxy) is 3. The van der Waals surface area contributed by atoms with Crippen LogP contribution in [0.4, 0.5) is 4.79 Å². The van der Waals surface area contributed by atoms with Crippen molar-refractivity contribution in [1.29, 1.82) is 0 Å². The molecule has 210 valence electrons. The van der Waals surface area contributed by atoms with Crippen LogP contribution in [0.25, 0.3) is 0 Å². The molecule has 0 unspecified atom stereocenters. The highest BCUT2D eigenvalue weighted by Crippen LogP contribution is 2.32. The molecule has 3 aliphatic heterocycles. The molecule has 0 saturated carbocycles. The van der Waals surface area contributed by atoms with Crippen LogP contribution in [0.2, 0.25) is 0 Å². The zero-order chi connectivity index (χ0) is 27.1. The Morgan fingerprint density at radius 2 is 1.84 bits per heavy atom. The summed E-state index contributed by atoms with van der Waals surface area (Å²) in [5.74, 6) is 1.27. The number of nitrogens with one attached hydrogen (secondary N) is 1. The highest BCUT2D eigenvalue weighted by atomic mass is 16.5. The van der Waals surface area contributed by atoms with Crippen LogP contribution in [0, 0.1) is 5.92 Å². The first-order valence-corrected chi connectivity index (χ1v) is 13.8. The molecule has 3 saturated heterocycles. The number of urea groups is 1. The van der Waals surface area contributed by atoms with Crippen LogP contribution in [-0.2, 0) is 20.9 Å². The van der Waals surface area contributed by atoms with Crippen molar-refractivity contribution >= 4 is 17.8 Å². The van der Waals surface area contributed by atoms with E-state index in [1.807, 2.05) is 4.90 Å². The van der Waals surface area contributed by atoms with E-state index in [4.69, 9.17) is 14.2 Å². The molecule has 0 aromatic heterocycles. The second-order valence-corrected chi connectivity index (χ2v) is 10.5. The number of rotatable bonds is 12. The molecular weight excluding hydrogens is 488 g/mol. The number of fused-ring (bicyclic) bond motifs is 1. The van der Waals surface area contributed by atoms with Crippen molar-refractivity contribution in [2.45, 2.75) is 63.6 Å². The van der Waals surface area contributed by atoms with Gasteiger partial charge in [0.05, 0.1) is 27.4 Å². The van der Waals surface area contributed by atoms with E-state index in [9.17, 15) is 14.4 Å². The number of benzene rings is 1. The molecule has 10 heteroatoms. The number of piperidine rings is 2. The average molecular weight is 531 g/mol. The first-order chi connectivity index (χ1) is 18.4. The lowest BCUT2D eigenvalue weighted by Gasteiger charge is -2.45. The van der Waals surface area contributed by atoms with Crippen molar-refractivity contribution < 1.29 is 28.6 Å². The van der Waals surface area contributed by atoms with E-state index in [0.717, 1.165) is 31.6 Å². The van der Waals surface area contributed by atoms with E-state index in [1.54, 1.807) is 32.4 Å². The van der Waals surface area contributed by atoms with Crippen molar-refractivity contribution in [1.82, 2.24) is 20.0 Å². The Labute approximate surface area is 225 Å². The molecule has 1 aromatic rings. The summed E-state index contributed by atoms with van der Waals surface area (Å²) < 4.78 is 15.9. The van der Waals surface area contributed by atoms with Crippen molar-refractivity contribution in [3.8, 4) is 11.5 Å². The molecule has 4 amide bonds. The van der Waals surface area contributed by atoms with Crippen LogP contribution in [0.5, 0.6) is 11.5 Å². The topological polar surface area (TPSA) is 101 Å². The minimum absolute atomic E-state index is 0.00960. The predicted molar refractivity (Wildman–Crippen MR) is 142 cm³/mol. The fraction of sp³-hybridized carbons (Fsp3) is 0.679. The Bertz CT molecular complexity index is 986. The number of methoxy groups -OCH3 is 3. The third kappa shape index (κ3) is 6.58. The summed E-state index contributed by atoms with van der Waals surface area (Å²) in [5, 5.41) is 2.76. The maximum atomic E-state index is 13.3. The molecule has 0 radical (unpaired) electrons. The molecule has 10 nitrogen and oxygen atoms in total. The fourth-order valence-electron chi connectivity index (χ4n) is 6.10. The van der Waals surface area contributed by atoms with Crippen LogP contribution >= 0.6 is 0 Å². The van der Waals surface area contributed by atoms with Gasteiger partial charge in [-0.1, -0.05) is 12.5 Å². The monoisotopic (exact) mass is 530 g/mol. The van der Waals surface area contributed by atoms with Crippen LogP contribution in [0.15, 0.2) is 18.2 Å². The summed E-state index contributed by atoms with van der Waals surface area (Å²) in [4.78, 5) is 44.7. The zero-order valence-electron chi connectivity index (χ0n) is 22.9. The van der Waals surface area contributed by atoms with E-state index >= 15 is 0 Å². The van der Waals surface area contributed by atoms with E-state index < -0.39 is 12.1 Å². The molecule has 3 fully saturated rings. The summed E-state index contributed by atoms with van der Waals surface area (Å²) in [6.07, 6.45) is 6.51. The van der Waals surface area contributed by atoms with Crippen LogP contribution in [0.1, 0.15) is 50.5 Å². The Morgan fingerprint density at radius 1 is 1.05 bits per heavy atom. The van der Waals surface area contributed by atoms with Gasteiger partial charge in [-0.3, -0.25) is 14.5 Å². The molecule has 4 rings (SSSR count). The first kappa shape index (κ1) is 28.2. The molecule has 3 atom stereocenters. The molecule has 1 N–H and O–H groups in total. The SMILES string of the molecule is COCCN(C[C@@H]1CCCN2CCCC[C@@H]12)C(=O)CC[C@H]1NC(=O)N(Cc2ccc(OC)c(OC)c2)C1=O. The van der Waals surface area contributed by atoms with E-state index in [-0.39, 0.29) is 31.2 Å². The van der Waals surface area contributed by atoms with Crippen LogP contribution in [0.3, 0.4) is 0 Å². The lowest BCUT2D eigenvalue weighted by molar-refractivity contribution is -0.134. The predicted octanol–water partition coefficient (Wildman–Crippen LogP) is 2.64. The summed E-state index contributed by atoms with van der Waals surface area (Å²) in [6, 6.07) is 4.69. The summed E-state index contributed by atoms with van der Waals surface area (Å²) in [6.45, 7) is 4.18. The number of hydrogen-bond donors (Lipinski definition) is 1. The molecule has 0 bridgehead atoms. The number of imide groups is 1. The van der Waals surface area contributed by atoms with Gasteiger partial charge >= 0.3 is 6.03 Å². The summed E-state index contributed by atoms with van der Waals surface area (Å²) in [5.41, 5.74) is 0.748. The lowest BCUT2D eigenvalue weighted by atomic mass is 9.83. The third-order valence-corrected chi connectivity index (χ3v) is 8.14. The quantitative estimate of drug-likeness (QED) is 0.415. The molecule has 3 heterocycles. The van der Waals surface area contributed by atoms with E-state index in [0.29, 0.717) is 36.6 Å². The van der Waals surface area contributed by atoms with Crippen molar-refractivity contribution in [2.75, 3.05) is 54.1 Å². The minimum atomic E-state index is -0.709. The number of carbonyl (C=O) groups excluding carboxylic acids is 3. The van der Waals surface area contributed by atoms with Gasteiger partial charge in [0, 0.05) is 32.7 Å². The van der Waals surface area contributed by atoms with Gasteiger partial charge in [0.25, 0.3) is 5.91 Å². The molecular formula is C28H42N4O6. The smallest absolute Gasteiger partial charge is 0.325 e. The van der Waals surface area contributed by atoms with Crippen molar-refractivity contribution in [3.63, 3.8) is 0 Å². The normalized spacial score (nSPS) is 23.7. The number of hydrogen-bond acceptors (Lipinski definition) is 7. The third-order valence-electron chi connectivity index (χ3n) is 8.14. The summed E-state index contributed by atoms with van der Waals surface area (Å²) >= 11 is 0. The molecule has 3 aliphatic rings. The molecule has 0 aliphatic carbocycles. The number of carbonyl (C=O) groups is 3. The lowest BCUT2D eigenvalue weighted by Crippen LogP contribution is -2.52. The van der Waals surface area contributed by atoms with Gasteiger partial charge < -0.3 is 29.3 Å². The second kappa shape index (κ2) is 13.3. The standard InChI is InChI=1S/C28H42N4O6/c1-36-16-15-31(19-21-7-6-14-30-13-5-4-8-23(21)30)26(33)12-10-22-27(34)32(28(35)29-22)18-20-9-11-24(37-2)25(17-20)38-3/h9,11,17,21-23H,4-8,10,12-16,18-19H2,1-3H3,(H,29,35)/t21-,22+,23-/m0/s1. The van der Waals surface area contributed by atoms with E-state index in [1.165, 1.54) is 37.7 Å². The van der Waals surface area contributed by atoms with Gasteiger partial charge in [0.15, 0.2) is 11.5 Å². The maximum absolute atomic E-state index is 13.3. The van der Waals surface area contributed by atoms with Crippen molar-refractivity contribution in [2.24, 2.45) is 5.92 Å².